The monoisotopic (exact) mass is 279 g/mol. The Morgan fingerprint density at radius 2 is 1.95 bits per heavy atom. The van der Waals surface area contributed by atoms with Gasteiger partial charge in [0.15, 0.2) is 0 Å². The Morgan fingerprint density at radius 1 is 1.20 bits per heavy atom. The average molecular weight is 279 g/mol. The maximum absolute atomic E-state index is 11.4. The van der Waals surface area contributed by atoms with E-state index in [1.807, 2.05) is 0 Å². The van der Waals surface area contributed by atoms with Gasteiger partial charge in [-0.25, -0.2) is 9.59 Å². The first kappa shape index (κ1) is 15.4. The quantitative estimate of drug-likeness (QED) is 0.422. The van der Waals surface area contributed by atoms with Crippen molar-refractivity contribution in [3.8, 4) is 0 Å². The predicted octanol–water partition coefficient (Wildman–Crippen LogP) is 0.397. The zero-order valence-electron chi connectivity index (χ0n) is 10.8. The second-order valence-electron chi connectivity index (χ2n) is 3.49. The maximum Gasteiger partial charge on any atom is 0.333 e. The van der Waals surface area contributed by atoms with Crippen LogP contribution in [0.4, 0.5) is 0 Å². The number of hydrogen-bond acceptors (Lipinski definition) is 7. The first-order chi connectivity index (χ1) is 9.61. The molecule has 1 aromatic rings. The molecule has 7 nitrogen and oxygen atoms in total. The molecule has 0 saturated heterocycles. The molecule has 0 amide bonds. The average Bonchev–Trinajstić information content (AvgIpc) is 2.45. The van der Waals surface area contributed by atoms with Crippen molar-refractivity contribution in [3.63, 3.8) is 0 Å². The van der Waals surface area contributed by atoms with Crippen molar-refractivity contribution >= 4 is 17.9 Å². The van der Waals surface area contributed by atoms with Crippen molar-refractivity contribution in [2.75, 3.05) is 13.9 Å². The lowest BCUT2D eigenvalue weighted by Gasteiger charge is -2.04. The van der Waals surface area contributed by atoms with E-state index in [1.54, 1.807) is 18.3 Å². The first-order valence-corrected chi connectivity index (χ1v) is 5.59. The van der Waals surface area contributed by atoms with E-state index < -0.39 is 24.7 Å². The van der Waals surface area contributed by atoms with Gasteiger partial charge in [0, 0.05) is 24.5 Å². The summed E-state index contributed by atoms with van der Waals surface area (Å²) in [5.74, 6) is -2.05. The van der Waals surface area contributed by atoms with Gasteiger partial charge < -0.3 is 14.2 Å². The summed E-state index contributed by atoms with van der Waals surface area (Å²) in [6, 6.07) is 3.42. The van der Waals surface area contributed by atoms with Gasteiger partial charge in [0.25, 0.3) is 0 Å². The summed E-state index contributed by atoms with van der Waals surface area (Å²) in [4.78, 5) is 37.0. The summed E-state index contributed by atoms with van der Waals surface area (Å²) in [6.07, 6.45) is 4.93. The standard InChI is InChI=1S/C13H13NO6/c1-18-11(15)4-5-12(16)19-9-20-13(17)7-10-3-2-6-14-8-10/h2-6,8H,7,9H2,1H3/b5-4+. The molecule has 0 atom stereocenters. The van der Waals surface area contributed by atoms with E-state index in [0.717, 1.165) is 12.2 Å². The number of esters is 3. The van der Waals surface area contributed by atoms with E-state index in [0.29, 0.717) is 5.56 Å². The van der Waals surface area contributed by atoms with Gasteiger partial charge in [0.05, 0.1) is 13.5 Å². The molecule has 0 spiro atoms. The van der Waals surface area contributed by atoms with Crippen molar-refractivity contribution in [1.29, 1.82) is 0 Å². The molecule has 1 heterocycles. The highest BCUT2D eigenvalue weighted by atomic mass is 16.7. The lowest BCUT2D eigenvalue weighted by Crippen LogP contribution is -2.13. The van der Waals surface area contributed by atoms with Gasteiger partial charge in [-0.1, -0.05) is 6.07 Å². The molecule has 0 aliphatic heterocycles. The second-order valence-corrected chi connectivity index (χ2v) is 3.49. The van der Waals surface area contributed by atoms with Crippen molar-refractivity contribution in [1.82, 2.24) is 4.98 Å². The topological polar surface area (TPSA) is 91.8 Å². The van der Waals surface area contributed by atoms with Crippen molar-refractivity contribution in [3.05, 3.63) is 42.2 Å². The number of pyridine rings is 1. The Kier molecular flexibility index (Phi) is 6.46. The third-order valence-electron chi connectivity index (χ3n) is 2.05. The van der Waals surface area contributed by atoms with E-state index in [1.165, 1.54) is 13.3 Å². The number of carbonyl (C=O) groups excluding carboxylic acids is 3. The van der Waals surface area contributed by atoms with Gasteiger partial charge in [-0.2, -0.15) is 0 Å². The molecule has 1 aromatic heterocycles. The third-order valence-corrected chi connectivity index (χ3v) is 2.05. The minimum Gasteiger partial charge on any atom is -0.466 e. The molecule has 0 aromatic carbocycles. The van der Waals surface area contributed by atoms with Crippen LogP contribution in [-0.4, -0.2) is 36.8 Å². The molecule has 0 aliphatic rings. The Balaban J connectivity index is 2.24. The normalized spacial score (nSPS) is 10.1. The Morgan fingerprint density at radius 3 is 2.60 bits per heavy atom. The summed E-state index contributed by atoms with van der Waals surface area (Å²) in [5.41, 5.74) is 0.689. The molecule has 0 bridgehead atoms. The van der Waals surface area contributed by atoms with Crippen LogP contribution < -0.4 is 0 Å². The fraction of sp³-hybridized carbons (Fsp3) is 0.231. The number of aromatic nitrogens is 1. The van der Waals surface area contributed by atoms with Gasteiger partial charge in [-0.3, -0.25) is 9.78 Å². The number of methoxy groups -OCH3 is 1. The van der Waals surface area contributed by atoms with Crippen LogP contribution in [0.2, 0.25) is 0 Å². The van der Waals surface area contributed by atoms with E-state index >= 15 is 0 Å². The Hall–Kier alpha value is -2.70. The van der Waals surface area contributed by atoms with Gasteiger partial charge in [-0.05, 0) is 11.6 Å². The SMILES string of the molecule is COC(=O)/C=C/C(=O)OCOC(=O)Cc1cccnc1. The number of nitrogens with zero attached hydrogens (tertiary/aromatic N) is 1. The van der Waals surface area contributed by atoms with E-state index in [2.05, 4.69) is 19.2 Å². The van der Waals surface area contributed by atoms with Crippen LogP contribution in [0.25, 0.3) is 0 Å². The van der Waals surface area contributed by atoms with Crippen molar-refractivity contribution in [2.24, 2.45) is 0 Å². The molecule has 106 valence electrons. The summed E-state index contributed by atoms with van der Waals surface area (Å²) in [7, 11) is 1.18. The predicted molar refractivity (Wildman–Crippen MR) is 66.1 cm³/mol. The van der Waals surface area contributed by atoms with Gasteiger partial charge in [0.2, 0.25) is 6.79 Å². The van der Waals surface area contributed by atoms with Crippen LogP contribution in [0.3, 0.4) is 0 Å². The Bertz CT molecular complexity index is 497. The van der Waals surface area contributed by atoms with Gasteiger partial charge in [0.1, 0.15) is 0 Å². The molecule has 0 aliphatic carbocycles. The van der Waals surface area contributed by atoms with Crippen LogP contribution in [0.5, 0.6) is 0 Å². The molecule has 7 heteroatoms. The first-order valence-electron chi connectivity index (χ1n) is 5.59. The fourth-order valence-electron chi connectivity index (χ4n) is 1.13. The fourth-order valence-corrected chi connectivity index (χ4v) is 1.13. The van der Waals surface area contributed by atoms with Crippen molar-refractivity contribution < 1.29 is 28.6 Å². The van der Waals surface area contributed by atoms with E-state index in [4.69, 9.17) is 0 Å². The molecule has 0 unspecified atom stereocenters. The summed E-state index contributed by atoms with van der Waals surface area (Å²) >= 11 is 0. The lowest BCUT2D eigenvalue weighted by molar-refractivity contribution is -0.163. The van der Waals surface area contributed by atoms with Gasteiger partial charge >= 0.3 is 17.9 Å². The van der Waals surface area contributed by atoms with Gasteiger partial charge in [-0.15, -0.1) is 0 Å². The lowest BCUT2D eigenvalue weighted by atomic mass is 10.2. The zero-order valence-corrected chi connectivity index (χ0v) is 10.8. The van der Waals surface area contributed by atoms with Crippen molar-refractivity contribution in [2.45, 2.75) is 6.42 Å². The summed E-state index contributed by atoms with van der Waals surface area (Å²) in [6.45, 7) is -0.524. The minimum absolute atomic E-state index is 0.0311. The van der Waals surface area contributed by atoms with E-state index in [9.17, 15) is 14.4 Å². The van der Waals surface area contributed by atoms with Crippen LogP contribution in [-0.2, 0) is 35.0 Å². The summed E-state index contributed by atoms with van der Waals surface area (Å²) in [5, 5.41) is 0. The highest BCUT2D eigenvalue weighted by Gasteiger charge is 2.06. The van der Waals surface area contributed by atoms with E-state index in [-0.39, 0.29) is 6.42 Å². The molecular formula is C13H13NO6. The highest BCUT2D eigenvalue weighted by Crippen LogP contribution is 1.98. The molecule has 1 rings (SSSR count). The Labute approximate surface area is 115 Å². The zero-order chi connectivity index (χ0) is 14.8. The largest absolute Gasteiger partial charge is 0.466 e. The summed E-state index contributed by atoms with van der Waals surface area (Å²) < 4.78 is 13.5. The van der Waals surface area contributed by atoms with Crippen LogP contribution in [0.15, 0.2) is 36.7 Å². The highest BCUT2D eigenvalue weighted by molar-refractivity contribution is 5.91. The molecular weight excluding hydrogens is 266 g/mol. The maximum atomic E-state index is 11.4. The minimum atomic E-state index is -0.815. The molecule has 0 saturated carbocycles. The molecule has 0 radical (unpaired) electrons. The number of rotatable bonds is 6. The smallest absolute Gasteiger partial charge is 0.333 e. The number of carbonyl (C=O) groups is 3. The van der Waals surface area contributed by atoms with Crippen LogP contribution in [0, 0.1) is 0 Å². The molecule has 0 fully saturated rings. The second kappa shape index (κ2) is 8.41. The van der Waals surface area contributed by atoms with Crippen LogP contribution >= 0.6 is 0 Å². The molecule has 0 N–H and O–H groups in total. The number of ether oxygens (including phenoxy) is 3. The third kappa shape index (κ3) is 6.29. The molecule has 20 heavy (non-hydrogen) atoms. The van der Waals surface area contributed by atoms with Crippen LogP contribution in [0.1, 0.15) is 5.56 Å². The number of hydrogen-bond donors (Lipinski definition) is 0.